The molecular weight excluding hydrogens is 320 g/mol. The van der Waals surface area contributed by atoms with Gasteiger partial charge in [0.25, 0.3) is 5.91 Å². The number of nitrogens with zero attached hydrogens (tertiary/aromatic N) is 3. The molecular formula is C17H32N4O2Si. The first-order valence-electron chi connectivity index (χ1n) is 9.05. The van der Waals surface area contributed by atoms with Gasteiger partial charge in [-0.15, -0.1) is 0 Å². The summed E-state index contributed by atoms with van der Waals surface area (Å²) >= 11 is 0. The molecule has 2 saturated heterocycles. The Labute approximate surface area is 146 Å². The van der Waals surface area contributed by atoms with Crippen molar-refractivity contribution in [3.05, 3.63) is 11.9 Å². The number of fused-ring (bicyclic) bond motifs is 1. The summed E-state index contributed by atoms with van der Waals surface area (Å²) in [4.78, 5) is 19.1. The molecule has 0 saturated carbocycles. The summed E-state index contributed by atoms with van der Waals surface area (Å²) in [6.45, 7) is 15.4. The SMILES string of the molecule is CC(C)(C)[Si](C)(C)OCN1C=C2C(=O)N(C3CCNCC3)CN2C1. The summed E-state index contributed by atoms with van der Waals surface area (Å²) in [5, 5.41) is 3.57. The van der Waals surface area contributed by atoms with Gasteiger partial charge in [-0.2, -0.15) is 0 Å². The highest BCUT2D eigenvalue weighted by molar-refractivity contribution is 6.74. The third-order valence-electron chi connectivity index (χ3n) is 5.95. The number of hydrogen-bond acceptors (Lipinski definition) is 5. The Balaban J connectivity index is 1.58. The lowest BCUT2D eigenvalue weighted by molar-refractivity contribution is -0.127. The molecule has 6 nitrogen and oxygen atoms in total. The molecule has 3 aliphatic rings. The van der Waals surface area contributed by atoms with Gasteiger partial charge in [-0.3, -0.25) is 4.79 Å². The molecule has 0 aromatic rings. The van der Waals surface area contributed by atoms with E-state index >= 15 is 0 Å². The molecule has 3 rings (SSSR count). The molecule has 0 radical (unpaired) electrons. The van der Waals surface area contributed by atoms with E-state index in [0.29, 0.717) is 12.8 Å². The fourth-order valence-electron chi connectivity index (χ4n) is 3.24. The molecule has 136 valence electrons. The van der Waals surface area contributed by atoms with Crippen LogP contribution < -0.4 is 5.32 Å². The smallest absolute Gasteiger partial charge is 0.273 e. The van der Waals surface area contributed by atoms with Crippen LogP contribution in [0.3, 0.4) is 0 Å². The Bertz CT molecular complexity index is 523. The number of carbonyl (C=O) groups is 1. The van der Waals surface area contributed by atoms with Crippen LogP contribution in [0.25, 0.3) is 0 Å². The zero-order valence-electron chi connectivity index (χ0n) is 15.8. The van der Waals surface area contributed by atoms with E-state index in [9.17, 15) is 4.79 Å². The van der Waals surface area contributed by atoms with Crippen LogP contribution in [0.1, 0.15) is 33.6 Å². The summed E-state index contributed by atoms with van der Waals surface area (Å²) in [5.41, 5.74) is 0.840. The minimum atomic E-state index is -1.76. The Morgan fingerprint density at radius 2 is 1.92 bits per heavy atom. The van der Waals surface area contributed by atoms with E-state index in [1.54, 1.807) is 0 Å². The normalized spacial score (nSPS) is 23.1. The van der Waals surface area contributed by atoms with Crippen molar-refractivity contribution in [2.45, 2.75) is 57.8 Å². The quantitative estimate of drug-likeness (QED) is 0.784. The molecule has 2 fully saturated rings. The third-order valence-corrected chi connectivity index (χ3v) is 10.4. The monoisotopic (exact) mass is 352 g/mol. The Kier molecular flexibility index (Phi) is 4.70. The van der Waals surface area contributed by atoms with Crippen molar-refractivity contribution in [1.29, 1.82) is 0 Å². The molecule has 0 aromatic carbocycles. The van der Waals surface area contributed by atoms with Gasteiger partial charge < -0.3 is 24.4 Å². The van der Waals surface area contributed by atoms with E-state index in [4.69, 9.17) is 4.43 Å². The highest BCUT2D eigenvalue weighted by Crippen LogP contribution is 2.37. The van der Waals surface area contributed by atoms with Gasteiger partial charge in [0, 0.05) is 12.2 Å². The fraction of sp³-hybridized carbons (Fsp3) is 0.824. The molecule has 3 heterocycles. The Morgan fingerprint density at radius 3 is 2.50 bits per heavy atom. The van der Waals surface area contributed by atoms with E-state index in [1.165, 1.54) is 0 Å². The van der Waals surface area contributed by atoms with E-state index < -0.39 is 8.32 Å². The number of rotatable bonds is 4. The lowest BCUT2D eigenvalue weighted by Gasteiger charge is -2.37. The number of nitrogens with one attached hydrogen (secondary N) is 1. The summed E-state index contributed by atoms with van der Waals surface area (Å²) in [6, 6.07) is 0.391. The van der Waals surface area contributed by atoms with E-state index in [1.807, 2.05) is 6.20 Å². The van der Waals surface area contributed by atoms with Crippen molar-refractivity contribution >= 4 is 14.2 Å². The van der Waals surface area contributed by atoms with Crippen LogP contribution in [-0.4, -0.2) is 68.1 Å². The molecule has 3 aliphatic heterocycles. The lowest BCUT2D eigenvalue weighted by atomic mass is 10.1. The van der Waals surface area contributed by atoms with Crippen LogP contribution in [0.4, 0.5) is 0 Å². The van der Waals surface area contributed by atoms with Crippen LogP contribution in [0.15, 0.2) is 11.9 Å². The molecule has 0 spiro atoms. The van der Waals surface area contributed by atoms with E-state index in [0.717, 1.165) is 45.0 Å². The second-order valence-electron chi connectivity index (χ2n) is 8.72. The van der Waals surface area contributed by atoms with Crippen LogP contribution >= 0.6 is 0 Å². The molecule has 1 amide bonds. The Hall–Kier alpha value is -1.05. The second-order valence-corrected chi connectivity index (χ2v) is 13.5. The molecule has 0 atom stereocenters. The maximum Gasteiger partial charge on any atom is 0.273 e. The van der Waals surface area contributed by atoms with Gasteiger partial charge >= 0.3 is 0 Å². The van der Waals surface area contributed by atoms with Gasteiger partial charge in [-0.05, 0) is 44.1 Å². The average molecular weight is 353 g/mol. The predicted molar refractivity (Wildman–Crippen MR) is 97.4 cm³/mol. The first-order chi connectivity index (χ1) is 11.2. The molecule has 0 bridgehead atoms. The van der Waals surface area contributed by atoms with Gasteiger partial charge in [-0.25, -0.2) is 0 Å². The second kappa shape index (κ2) is 6.35. The molecule has 7 heteroatoms. The first kappa shape index (κ1) is 17.8. The number of amides is 1. The van der Waals surface area contributed by atoms with Gasteiger partial charge in [0.05, 0.1) is 13.3 Å². The van der Waals surface area contributed by atoms with Gasteiger partial charge in [0.2, 0.25) is 0 Å². The molecule has 0 aliphatic carbocycles. The predicted octanol–water partition coefficient (Wildman–Crippen LogP) is 1.93. The minimum absolute atomic E-state index is 0.191. The molecule has 0 aromatic heterocycles. The van der Waals surface area contributed by atoms with E-state index in [2.05, 4.69) is 53.9 Å². The first-order valence-corrected chi connectivity index (χ1v) is 12.0. The summed E-state index contributed by atoms with van der Waals surface area (Å²) in [5.74, 6) is 0.191. The maximum absolute atomic E-state index is 12.7. The number of hydrogen-bond donors (Lipinski definition) is 1. The molecule has 0 unspecified atom stereocenters. The molecule has 1 N–H and O–H groups in total. The van der Waals surface area contributed by atoms with Crippen molar-refractivity contribution in [1.82, 2.24) is 20.0 Å². The summed E-state index contributed by atoms with van der Waals surface area (Å²) in [7, 11) is -1.76. The van der Waals surface area contributed by atoms with E-state index in [-0.39, 0.29) is 10.9 Å². The van der Waals surface area contributed by atoms with Crippen molar-refractivity contribution in [3.63, 3.8) is 0 Å². The van der Waals surface area contributed by atoms with Crippen LogP contribution in [-0.2, 0) is 9.22 Å². The zero-order chi connectivity index (χ0) is 17.5. The zero-order valence-corrected chi connectivity index (χ0v) is 16.8. The highest BCUT2D eigenvalue weighted by Gasteiger charge is 2.42. The van der Waals surface area contributed by atoms with Gasteiger partial charge in [0.1, 0.15) is 12.4 Å². The maximum atomic E-state index is 12.7. The third kappa shape index (κ3) is 3.34. The van der Waals surface area contributed by atoms with Crippen molar-refractivity contribution in [3.8, 4) is 0 Å². The Morgan fingerprint density at radius 1 is 1.25 bits per heavy atom. The standard InChI is InChI=1S/C17H32N4O2Si/c1-17(2,3)24(4,5)23-13-19-10-15-16(22)21(12-20(15)11-19)14-6-8-18-9-7-14/h10,14,18H,6-9,11-13H2,1-5H3. The minimum Gasteiger partial charge on any atom is -0.400 e. The topological polar surface area (TPSA) is 48.1 Å². The summed E-state index contributed by atoms with van der Waals surface area (Å²) < 4.78 is 6.28. The van der Waals surface area contributed by atoms with Crippen molar-refractivity contribution in [2.75, 3.05) is 33.2 Å². The average Bonchev–Trinajstić information content (AvgIpc) is 3.05. The van der Waals surface area contributed by atoms with Crippen LogP contribution in [0, 0.1) is 0 Å². The fourth-order valence-corrected chi connectivity index (χ4v) is 4.16. The lowest BCUT2D eigenvalue weighted by Crippen LogP contribution is -2.46. The van der Waals surface area contributed by atoms with Crippen molar-refractivity contribution in [2.24, 2.45) is 0 Å². The van der Waals surface area contributed by atoms with Crippen LogP contribution in [0.2, 0.25) is 18.1 Å². The largest absolute Gasteiger partial charge is 0.400 e. The van der Waals surface area contributed by atoms with Crippen molar-refractivity contribution < 1.29 is 9.22 Å². The van der Waals surface area contributed by atoms with Gasteiger partial charge in [0.15, 0.2) is 8.32 Å². The summed E-state index contributed by atoms with van der Waals surface area (Å²) in [6.07, 6.45) is 4.12. The van der Waals surface area contributed by atoms with Crippen LogP contribution in [0.5, 0.6) is 0 Å². The molecule has 24 heavy (non-hydrogen) atoms. The number of piperidine rings is 1. The highest BCUT2D eigenvalue weighted by atomic mass is 28.4. The van der Waals surface area contributed by atoms with Gasteiger partial charge in [-0.1, -0.05) is 20.8 Å². The number of carbonyl (C=O) groups excluding carboxylic acids is 1.